The number of hydrogen-bond acceptors (Lipinski definition) is 4. The zero-order chi connectivity index (χ0) is 20.4. The fourth-order valence-electron chi connectivity index (χ4n) is 4.40. The van der Waals surface area contributed by atoms with Crippen LogP contribution in [0.4, 0.5) is 0 Å². The molecule has 28 heavy (non-hydrogen) atoms. The Morgan fingerprint density at radius 2 is 1.32 bits per heavy atom. The van der Waals surface area contributed by atoms with Gasteiger partial charge in [-0.05, 0) is 36.8 Å². The molecule has 0 bridgehead atoms. The number of ether oxygens (including phenoxy) is 2. The van der Waals surface area contributed by atoms with E-state index in [0.717, 1.165) is 38.5 Å². The Morgan fingerprint density at radius 1 is 0.857 bits per heavy atom. The summed E-state index contributed by atoms with van der Waals surface area (Å²) in [4.78, 5) is 2.37. The molecule has 0 aliphatic carbocycles. The number of fused-ring (bicyclic) bond motifs is 1. The van der Waals surface area contributed by atoms with Gasteiger partial charge in [-0.2, -0.15) is 0 Å². The molecule has 4 nitrogen and oxygen atoms in total. The van der Waals surface area contributed by atoms with Gasteiger partial charge in [0.05, 0.1) is 25.4 Å². The predicted octanol–water partition coefficient (Wildman–Crippen LogP) is 5.57. The van der Waals surface area contributed by atoms with E-state index < -0.39 is 5.54 Å². The minimum atomic E-state index is -0.398. The molecule has 0 amide bonds. The van der Waals surface area contributed by atoms with Gasteiger partial charge in [-0.15, -0.1) is 0 Å². The number of hydrogen-bond donors (Lipinski definition) is 1. The van der Waals surface area contributed by atoms with Crippen LogP contribution in [0.5, 0.6) is 0 Å². The maximum Gasteiger partial charge on any atom is 0.135 e. The van der Waals surface area contributed by atoms with Crippen molar-refractivity contribution >= 4 is 0 Å². The summed E-state index contributed by atoms with van der Waals surface area (Å²) in [6, 6.07) is 0. The lowest BCUT2D eigenvalue weighted by Gasteiger charge is -2.35. The van der Waals surface area contributed by atoms with Crippen LogP contribution >= 0.6 is 0 Å². The maximum absolute atomic E-state index is 10.3. The van der Waals surface area contributed by atoms with Gasteiger partial charge in [0.2, 0.25) is 0 Å². The van der Waals surface area contributed by atoms with E-state index in [9.17, 15) is 5.11 Å². The maximum atomic E-state index is 10.3. The van der Waals surface area contributed by atoms with E-state index in [4.69, 9.17) is 9.47 Å². The molecular formula is C24H43NO3. The van der Waals surface area contributed by atoms with Crippen molar-refractivity contribution in [1.29, 1.82) is 0 Å². The van der Waals surface area contributed by atoms with Crippen LogP contribution in [0.2, 0.25) is 0 Å². The number of aliphatic hydroxyl groups is 1. The highest BCUT2D eigenvalue weighted by atomic mass is 16.6. The van der Waals surface area contributed by atoms with Crippen LogP contribution in [-0.4, -0.2) is 47.8 Å². The second-order valence-electron chi connectivity index (χ2n) is 8.46. The highest BCUT2D eigenvalue weighted by molar-refractivity contribution is 5.21. The summed E-state index contributed by atoms with van der Waals surface area (Å²) in [6.45, 7) is 10.1. The number of nitrogens with zero attached hydrogens (tertiary/aromatic N) is 1. The van der Waals surface area contributed by atoms with Crippen LogP contribution in [-0.2, 0) is 9.47 Å². The van der Waals surface area contributed by atoms with E-state index in [1.165, 1.54) is 36.8 Å². The first kappa shape index (κ1) is 23.6. The molecule has 2 aliphatic rings. The van der Waals surface area contributed by atoms with Crippen LogP contribution in [0.1, 0.15) is 91.9 Å². The largest absolute Gasteiger partial charge is 0.394 e. The Labute approximate surface area is 173 Å². The Kier molecular flexibility index (Phi) is 10.2. The second-order valence-corrected chi connectivity index (χ2v) is 8.46. The fourth-order valence-corrected chi connectivity index (χ4v) is 4.40. The molecule has 2 heterocycles. The summed E-state index contributed by atoms with van der Waals surface area (Å²) in [5, 5.41) is 10.3. The summed E-state index contributed by atoms with van der Waals surface area (Å²) in [7, 11) is 0. The second kappa shape index (κ2) is 12.1. The average Bonchev–Trinajstić information content (AvgIpc) is 3.25. The Balaban J connectivity index is 2.30. The number of aliphatic hydroxyl groups excluding tert-OH is 1. The Hall–Kier alpha value is -0.680. The zero-order valence-corrected chi connectivity index (χ0v) is 18.7. The van der Waals surface area contributed by atoms with Crippen LogP contribution in [0.25, 0.3) is 0 Å². The van der Waals surface area contributed by atoms with Crippen LogP contribution in [0, 0.1) is 0 Å². The predicted molar refractivity (Wildman–Crippen MR) is 116 cm³/mol. The molecule has 2 rings (SSSR count). The first-order chi connectivity index (χ1) is 13.7. The lowest BCUT2D eigenvalue weighted by atomic mass is 9.98. The minimum Gasteiger partial charge on any atom is -0.394 e. The van der Waals surface area contributed by atoms with E-state index in [0.29, 0.717) is 13.2 Å². The number of unbranched alkanes of at least 4 members (excludes halogenated alkanes) is 4. The molecule has 1 N–H and O–H groups in total. The van der Waals surface area contributed by atoms with E-state index in [2.05, 4.69) is 44.7 Å². The summed E-state index contributed by atoms with van der Waals surface area (Å²) < 4.78 is 12.7. The topological polar surface area (TPSA) is 41.9 Å². The highest BCUT2D eigenvalue weighted by Crippen LogP contribution is 2.42. The van der Waals surface area contributed by atoms with E-state index in [1.54, 1.807) is 0 Å². The number of allylic oxidation sites excluding steroid dienone is 2. The van der Waals surface area contributed by atoms with Gasteiger partial charge in [0.15, 0.2) is 0 Å². The third kappa shape index (κ3) is 5.47. The zero-order valence-electron chi connectivity index (χ0n) is 18.7. The van der Waals surface area contributed by atoms with Gasteiger partial charge in [0.1, 0.15) is 12.5 Å². The van der Waals surface area contributed by atoms with Crippen molar-refractivity contribution in [2.45, 2.75) is 110 Å². The molecule has 2 saturated heterocycles. The Bertz CT molecular complexity index is 474. The molecule has 0 aromatic heterocycles. The summed E-state index contributed by atoms with van der Waals surface area (Å²) in [6.07, 6.45) is 16.0. The summed E-state index contributed by atoms with van der Waals surface area (Å²) in [5.74, 6) is 0. The molecule has 0 spiro atoms. The van der Waals surface area contributed by atoms with Crippen molar-refractivity contribution in [3.63, 3.8) is 0 Å². The quantitative estimate of drug-likeness (QED) is 0.328. The molecule has 0 aromatic carbocycles. The van der Waals surface area contributed by atoms with Gasteiger partial charge in [-0.25, -0.2) is 4.90 Å². The molecule has 2 aliphatic heterocycles. The van der Waals surface area contributed by atoms with Crippen molar-refractivity contribution in [2.24, 2.45) is 0 Å². The molecular weight excluding hydrogens is 350 g/mol. The molecule has 2 atom stereocenters. The molecule has 162 valence electrons. The summed E-state index contributed by atoms with van der Waals surface area (Å²) >= 11 is 0. The molecule has 4 heteroatoms. The normalized spacial score (nSPS) is 28.9. The van der Waals surface area contributed by atoms with Crippen LogP contribution < -0.4 is 0 Å². The van der Waals surface area contributed by atoms with Crippen molar-refractivity contribution < 1.29 is 14.6 Å². The summed E-state index contributed by atoms with van der Waals surface area (Å²) in [5.41, 5.74) is 2.34. The minimum absolute atomic E-state index is 0.0668. The lowest BCUT2D eigenvalue weighted by molar-refractivity contribution is -0.0264. The first-order valence-corrected chi connectivity index (χ1v) is 11.7. The highest BCUT2D eigenvalue weighted by Gasteiger charge is 2.56. The molecule has 0 radical (unpaired) electrons. The first-order valence-electron chi connectivity index (χ1n) is 11.7. The third-order valence-corrected chi connectivity index (χ3v) is 6.01. The standard InChI is InChI=1S/C24H43NO3/c1-5-9-11-15-20(13-7-3)22-25-23(21(14-8-4)16-12-10-6-2)28-19-24(25,17-26)18-27-22/h15-16,22-23,26H,5-14,17-19H2,1-4H3. The van der Waals surface area contributed by atoms with Gasteiger partial charge in [-0.3, -0.25) is 0 Å². The van der Waals surface area contributed by atoms with Crippen LogP contribution in [0.3, 0.4) is 0 Å². The molecule has 2 unspecified atom stereocenters. The smallest absolute Gasteiger partial charge is 0.135 e. The van der Waals surface area contributed by atoms with Gasteiger partial charge in [0.25, 0.3) is 0 Å². The van der Waals surface area contributed by atoms with E-state index >= 15 is 0 Å². The molecule has 0 aromatic rings. The van der Waals surface area contributed by atoms with E-state index in [1.807, 2.05) is 0 Å². The van der Waals surface area contributed by atoms with Gasteiger partial charge < -0.3 is 14.6 Å². The lowest BCUT2D eigenvalue weighted by Crippen LogP contribution is -2.52. The van der Waals surface area contributed by atoms with Crippen LogP contribution in [0.15, 0.2) is 23.3 Å². The molecule has 0 saturated carbocycles. The van der Waals surface area contributed by atoms with Crippen molar-refractivity contribution in [3.8, 4) is 0 Å². The monoisotopic (exact) mass is 393 g/mol. The van der Waals surface area contributed by atoms with Gasteiger partial charge in [-0.1, -0.05) is 78.4 Å². The fraction of sp³-hybridized carbons (Fsp3) is 0.833. The number of rotatable bonds is 13. The van der Waals surface area contributed by atoms with Gasteiger partial charge >= 0.3 is 0 Å². The molecule has 2 fully saturated rings. The average molecular weight is 394 g/mol. The van der Waals surface area contributed by atoms with Crippen molar-refractivity contribution in [1.82, 2.24) is 4.90 Å². The van der Waals surface area contributed by atoms with E-state index in [-0.39, 0.29) is 19.1 Å². The van der Waals surface area contributed by atoms with Crippen molar-refractivity contribution in [2.75, 3.05) is 19.8 Å². The third-order valence-electron chi connectivity index (χ3n) is 6.01. The van der Waals surface area contributed by atoms with Crippen molar-refractivity contribution in [3.05, 3.63) is 23.3 Å². The SMILES string of the molecule is CCCCC=C(CCC)C1OCC2(CO)COC(C(=CCCCC)CCC)N12. The van der Waals surface area contributed by atoms with Gasteiger partial charge in [0, 0.05) is 0 Å². The Morgan fingerprint density at radius 3 is 1.68 bits per heavy atom.